The lowest BCUT2D eigenvalue weighted by atomic mass is 10.0. The second-order valence-corrected chi connectivity index (χ2v) is 10.2. The van der Waals surface area contributed by atoms with Crippen LogP contribution in [0, 0.1) is 17.2 Å². The number of rotatable bonds is 5. The Morgan fingerprint density at radius 1 is 1.15 bits per heavy atom. The van der Waals surface area contributed by atoms with Gasteiger partial charge in [0.05, 0.1) is 6.07 Å². The van der Waals surface area contributed by atoms with E-state index in [-0.39, 0.29) is 22.8 Å². The van der Waals surface area contributed by atoms with Crippen LogP contribution in [0.5, 0.6) is 0 Å². The van der Waals surface area contributed by atoms with Crippen molar-refractivity contribution in [3.05, 3.63) is 16.3 Å². The third kappa shape index (κ3) is 4.04. The maximum Gasteiger partial charge on any atom is 0.265 e. The summed E-state index contributed by atoms with van der Waals surface area (Å²) in [5.41, 5.74) is 0. The number of hydrogen-bond acceptors (Lipinski definition) is 6. The van der Waals surface area contributed by atoms with Crippen molar-refractivity contribution in [2.75, 3.05) is 39.3 Å². The molecule has 0 radical (unpaired) electrons. The zero-order valence-electron chi connectivity index (χ0n) is 15.8. The van der Waals surface area contributed by atoms with Crippen LogP contribution in [-0.2, 0) is 10.0 Å². The molecule has 2 aliphatic heterocycles. The van der Waals surface area contributed by atoms with E-state index in [1.165, 1.54) is 15.6 Å². The van der Waals surface area contributed by atoms with Gasteiger partial charge in [-0.2, -0.15) is 9.57 Å². The Bertz CT molecular complexity index is 814. The minimum Gasteiger partial charge on any atom is -0.335 e. The standard InChI is InChI=1S/C18H26N4O3S2/c1-14(2)15(13-19)20-8-10-21(11-9-20)18(23)17-16(5-12-26-17)27(24,25)22-6-3-4-7-22/h5,12,14-15H,3-4,6-11H2,1-2H3. The van der Waals surface area contributed by atoms with Crippen molar-refractivity contribution in [3.63, 3.8) is 0 Å². The van der Waals surface area contributed by atoms with Crippen molar-refractivity contribution >= 4 is 27.3 Å². The number of amides is 1. The van der Waals surface area contributed by atoms with E-state index >= 15 is 0 Å². The van der Waals surface area contributed by atoms with Gasteiger partial charge in [-0.3, -0.25) is 9.69 Å². The van der Waals surface area contributed by atoms with E-state index in [0.29, 0.717) is 44.1 Å². The average molecular weight is 411 g/mol. The van der Waals surface area contributed by atoms with Crippen LogP contribution in [0.25, 0.3) is 0 Å². The molecule has 1 atom stereocenters. The largest absolute Gasteiger partial charge is 0.335 e. The number of nitriles is 1. The van der Waals surface area contributed by atoms with Crippen LogP contribution in [0.4, 0.5) is 0 Å². The maximum atomic E-state index is 13.0. The van der Waals surface area contributed by atoms with Crippen molar-refractivity contribution in [1.29, 1.82) is 5.26 Å². The second-order valence-electron chi connectivity index (χ2n) is 7.37. The van der Waals surface area contributed by atoms with E-state index in [4.69, 9.17) is 0 Å². The molecule has 2 aliphatic rings. The first-order valence-electron chi connectivity index (χ1n) is 9.37. The first-order chi connectivity index (χ1) is 12.9. The monoisotopic (exact) mass is 410 g/mol. The van der Waals surface area contributed by atoms with Crippen LogP contribution >= 0.6 is 11.3 Å². The van der Waals surface area contributed by atoms with Gasteiger partial charge in [0, 0.05) is 39.3 Å². The smallest absolute Gasteiger partial charge is 0.265 e. The van der Waals surface area contributed by atoms with Gasteiger partial charge >= 0.3 is 0 Å². The average Bonchev–Trinajstić information content (AvgIpc) is 3.34. The summed E-state index contributed by atoms with van der Waals surface area (Å²) in [5, 5.41) is 11.0. The molecule has 9 heteroatoms. The van der Waals surface area contributed by atoms with Gasteiger partial charge in [-0.15, -0.1) is 11.3 Å². The lowest BCUT2D eigenvalue weighted by Crippen LogP contribution is -2.52. The molecular weight excluding hydrogens is 384 g/mol. The number of sulfonamides is 1. The SMILES string of the molecule is CC(C)C(C#N)N1CCN(C(=O)c2sccc2S(=O)(=O)N2CCCC2)CC1. The van der Waals surface area contributed by atoms with E-state index in [1.807, 2.05) is 13.8 Å². The van der Waals surface area contributed by atoms with Gasteiger partial charge in [0.15, 0.2) is 0 Å². The Morgan fingerprint density at radius 3 is 2.33 bits per heavy atom. The highest BCUT2D eigenvalue weighted by molar-refractivity contribution is 7.89. The molecule has 1 unspecified atom stereocenters. The van der Waals surface area contributed by atoms with E-state index in [1.54, 1.807) is 16.3 Å². The van der Waals surface area contributed by atoms with Gasteiger partial charge in [0.25, 0.3) is 5.91 Å². The van der Waals surface area contributed by atoms with Crippen molar-refractivity contribution in [3.8, 4) is 6.07 Å². The number of nitrogens with zero attached hydrogens (tertiary/aromatic N) is 4. The molecule has 148 valence electrons. The van der Waals surface area contributed by atoms with Gasteiger partial charge < -0.3 is 4.90 Å². The summed E-state index contributed by atoms with van der Waals surface area (Å²) < 4.78 is 27.2. The van der Waals surface area contributed by atoms with E-state index in [9.17, 15) is 18.5 Å². The fraction of sp³-hybridized carbons (Fsp3) is 0.667. The summed E-state index contributed by atoms with van der Waals surface area (Å²) in [6.07, 6.45) is 1.73. The fourth-order valence-corrected chi connectivity index (χ4v) is 6.60. The zero-order chi connectivity index (χ0) is 19.6. The molecule has 1 aromatic heterocycles. The van der Waals surface area contributed by atoms with Crippen LogP contribution in [0.15, 0.2) is 16.3 Å². The molecule has 0 saturated carbocycles. The number of carbonyl (C=O) groups excluding carboxylic acids is 1. The fourth-order valence-electron chi connectivity index (χ4n) is 3.72. The van der Waals surface area contributed by atoms with E-state index < -0.39 is 10.0 Å². The zero-order valence-corrected chi connectivity index (χ0v) is 17.4. The molecule has 0 aromatic carbocycles. The molecule has 7 nitrogen and oxygen atoms in total. The molecule has 1 amide bonds. The quantitative estimate of drug-likeness (QED) is 0.739. The predicted molar refractivity (Wildman–Crippen MR) is 104 cm³/mol. The Balaban J connectivity index is 1.72. The molecule has 0 aliphatic carbocycles. The third-order valence-corrected chi connectivity index (χ3v) is 8.24. The summed E-state index contributed by atoms with van der Waals surface area (Å²) in [6.45, 7) is 7.35. The van der Waals surface area contributed by atoms with Crippen LogP contribution < -0.4 is 0 Å². The molecular formula is C18H26N4O3S2. The van der Waals surface area contributed by atoms with Gasteiger partial charge in [0.1, 0.15) is 15.8 Å². The highest BCUT2D eigenvalue weighted by atomic mass is 32.2. The topological polar surface area (TPSA) is 84.7 Å². The third-order valence-electron chi connectivity index (χ3n) is 5.26. The minimum absolute atomic E-state index is 0.138. The molecule has 0 N–H and O–H groups in total. The normalized spacial score (nSPS) is 20.7. The molecule has 0 bridgehead atoms. The first-order valence-corrected chi connectivity index (χ1v) is 11.7. The van der Waals surface area contributed by atoms with Crippen LogP contribution in [0.2, 0.25) is 0 Å². The number of thiophene rings is 1. The lowest BCUT2D eigenvalue weighted by Gasteiger charge is -2.38. The van der Waals surface area contributed by atoms with Crippen LogP contribution in [-0.4, -0.2) is 73.7 Å². The second kappa shape index (κ2) is 8.27. The van der Waals surface area contributed by atoms with Crippen LogP contribution in [0.1, 0.15) is 36.4 Å². The van der Waals surface area contributed by atoms with E-state index in [2.05, 4.69) is 11.0 Å². The minimum atomic E-state index is -3.61. The first kappa shape index (κ1) is 20.3. The maximum absolute atomic E-state index is 13.0. The van der Waals surface area contributed by atoms with Gasteiger partial charge in [-0.25, -0.2) is 8.42 Å². The molecule has 1 aromatic rings. The lowest BCUT2D eigenvalue weighted by molar-refractivity contribution is 0.0578. The van der Waals surface area contributed by atoms with Crippen molar-refractivity contribution < 1.29 is 13.2 Å². The molecule has 3 rings (SSSR count). The highest BCUT2D eigenvalue weighted by Gasteiger charge is 2.34. The van der Waals surface area contributed by atoms with Gasteiger partial charge in [-0.05, 0) is 30.2 Å². The summed E-state index contributed by atoms with van der Waals surface area (Å²) >= 11 is 1.19. The Kier molecular flexibility index (Phi) is 6.21. The summed E-state index contributed by atoms with van der Waals surface area (Å²) in [5.74, 6) is 0.00670. The van der Waals surface area contributed by atoms with Crippen LogP contribution in [0.3, 0.4) is 0 Å². The Hall–Kier alpha value is -1.47. The van der Waals surface area contributed by atoms with Gasteiger partial charge in [-0.1, -0.05) is 13.8 Å². The predicted octanol–water partition coefficient (Wildman–Crippen LogP) is 1.84. The van der Waals surface area contributed by atoms with Crippen molar-refractivity contribution in [2.45, 2.75) is 37.6 Å². The molecule has 3 heterocycles. The molecule has 0 spiro atoms. The Morgan fingerprint density at radius 2 is 1.78 bits per heavy atom. The molecule has 2 saturated heterocycles. The van der Waals surface area contributed by atoms with Crippen molar-refractivity contribution in [1.82, 2.24) is 14.1 Å². The summed E-state index contributed by atoms with van der Waals surface area (Å²) in [4.78, 5) is 17.2. The van der Waals surface area contributed by atoms with Crippen molar-refractivity contribution in [2.24, 2.45) is 5.92 Å². The highest BCUT2D eigenvalue weighted by Crippen LogP contribution is 2.29. The summed E-state index contributed by atoms with van der Waals surface area (Å²) in [6, 6.07) is 3.73. The molecule has 2 fully saturated rings. The number of hydrogen-bond donors (Lipinski definition) is 0. The number of piperazine rings is 1. The Labute approximate surface area is 165 Å². The molecule has 27 heavy (non-hydrogen) atoms. The van der Waals surface area contributed by atoms with E-state index in [0.717, 1.165) is 12.8 Å². The summed E-state index contributed by atoms with van der Waals surface area (Å²) in [7, 11) is -3.61. The number of carbonyl (C=O) groups is 1. The van der Waals surface area contributed by atoms with Gasteiger partial charge in [0.2, 0.25) is 10.0 Å².